The smallest absolute Gasteiger partial charge is 0.258 e. The maximum atomic E-state index is 13.8. The minimum Gasteiger partial charge on any atom is -0.398 e. The maximum absolute atomic E-state index is 13.8. The fourth-order valence-electron chi connectivity index (χ4n) is 5.50. The van der Waals surface area contributed by atoms with Crippen LogP contribution in [-0.2, 0) is 4.74 Å². The van der Waals surface area contributed by atoms with Crippen molar-refractivity contribution in [1.29, 1.82) is 5.41 Å². The number of rotatable bonds is 7. The van der Waals surface area contributed by atoms with E-state index in [9.17, 15) is 13.6 Å². The van der Waals surface area contributed by atoms with Crippen LogP contribution >= 0.6 is 0 Å². The Kier molecular flexibility index (Phi) is 9.03. The third-order valence-electron chi connectivity index (χ3n) is 8.17. The summed E-state index contributed by atoms with van der Waals surface area (Å²) in [5.41, 5.74) is 10.2. The molecular weight excluding hydrogens is 538 g/mol. The van der Waals surface area contributed by atoms with Crippen LogP contribution in [0.3, 0.4) is 0 Å². The number of nitrogens with zero attached hydrogens (tertiary/aromatic N) is 2. The summed E-state index contributed by atoms with van der Waals surface area (Å²) in [5.74, 6) is -2.26. The van der Waals surface area contributed by atoms with Gasteiger partial charge in [-0.15, -0.1) is 0 Å². The van der Waals surface area contributed by atoms with Crippen LogP contribution in [0.25, 0.3) is 0 Å². The van der Waals surface area contributed by atoms with Gasteiger partial charge in [-0.2, -0.15) is 0 Å². The second-order valence-electron chi connectivity index (χ2n) is 11.2. The second kappa shape index (κ2) is 12.9. The summed E-state index contributed by atoms with van der Waals surface area (Å²) in [4.78, 5) is 18.2. The van der Waals surface area contributed by atoms with Gasteiger partial charge in [-0.05, 0) is 73.5 Å². The van der Waals surface area contributed by atoms with E-state index in [0.717, 1.165) is 50.8 Å². The first-order chi connectivity index (χ1) is 20.2. The topological polar surface area (TPSA) is 107 Å². The average Bonchev–Trinajstić information content (AvgIpc) is 2.97. The van der Waals surface area contributed by atoms with Gasteiger partial charge in [0.15, 0.2) is 0 Å². The standard InChI is InChI=1S/C32H38F2N6O2/c1-20(22-15-23(33)18-24(34)16-22)21-3-6-29(35)28(17-21)31(36)38-32(41)27-5-4-26(40-11-9-39(2)10-12-40)19-30(27)37-25-7-13-42-14-8-25/h3-6,15-20,25,37H,7-14,35H2,1-2H3,(H2,36,38,41). The minimum absolute atomic E-state index is 0.155. The quantitative estimate of drug-likeness (QED) is 0.183. The molecule has 222 valence electrons. The molecule has 1 amide bonds. The number of nitrogens with two attached hydrogens (primary N) is 1. The van der Waals surface area contributed by atoms with Crippen LogP contribution < -0.4 is 21.3 Å². The zero-order valence-corrected chi connectivity index (χ0v) is 24.1. The highest BCUT2D eigenvalue weighted by Crippen LogP contribution is 2.29. The van der Waals surface area contributed by atoms with Crippen LogP contribution in [-0.4, -0.2) is 69.1 Å². The number of carbonyl (C=O) groups is 1. The predicted molar refractivity (Wildman–Crippen MR) is 163 cm³/mol. The average molecular weight is 577 g/mol. The van der Waals surface area contributed by atoms with Crippen LogP contribution in [0.4, 0.5) is 25.8 Å². The Bertz CT molecular complexity index is 1430. The van der Waals surface area contributed by atoms with Gasteiger partial charge >= 0.3 is 0 Å². The molecule has 2 saturated heterocycles. The van der Waals surface area contributed by atoms with Crippen LogP contribution in [0.1, 0.15) is 52.7 Å². The van der Waals surface area contributed by atoms with E-state index in [-0.39, 0.29) is 17.8 Å². The van der Waals surface area contributed by atoms with E-state index in [1.807, 2.05) is 19.1 Å². The molecule has 0 saturated carbocycles. The molecule has 2 fully saturated rings. The summed E-state index contributed by atoms with van der Waals surface area (Å²) in [6.07, 6.45) is 1.68. The van der Waals surface area contributed by atoms with Crippen molar-refractivity contribution < 1.29 is 18.3 Å². The van der Waals surface area contributed by atoms with Gasteiger partial charge < -0.3 is 30.9 Å². The van der Waals surface area contributed by atoms with Crippen LogP contribution in [0.15, 0.2) is 54.6 Å². The van der Waals surface area contributed by atoms with Crippen molar-refractivity contribution in [3.05, 3.63) is 88.5 Å². The number of amides is 1. The molecule has 0 aromatic heterocycles. The molecule has 0 aliphatic carbocycles. The summed E-state index contributed by atoms with van der Waals surface area (Å²) < 4.78 is 33.2. The lowest BCUT2D eigenvalue weighted by Gasteiger charge is -2.34. The first-order valence-electron chi connectivity index (χ1n) is 14.4. The highest BCUT2D eigenvalue weighted by Gasteiger charge is 2.22. The number of hydrogen-bond acceptors (Lipinski definition) is 7. The number of benzene rings is 3. The van der Waals surface area contributed by atoms with Crippen molar-refractivity contribution in [1.82, 2.24) is 10.2 Å². The van der Waals surface area contributed by atoms with Gasteiger partial charge in [0, 0.05) is 80.0 Å². The fraction of sp³-hybridized carbons (Fsp3) is 0.375. The Morgan fingerprint density at radius 2 is 1.64 bits per heavy atom. The summed E-state index contributed by atoms with van der Waals surface area (Å²) in [7, 11) is 2.11. The van der Waals surface area contributed by atoms with Crippen LogP contribution in [0.2, 0.25) is 0 Å². The Hall–Kier alpha value is -4.02. The molecule has 1 unspecified atom stereocenters. The Morgan fingerprint density at radius 3 is 2.33 bits per heavy atom. The van der Waals surface area contributed by atoms with E-state index in [1.54, 1.807) is 24.3 Å². The summed E-state index contributed by atoms with van der Waals surface area (Å²) >= 11 is 0. The van der Waals surface area contributed by atoms with Gasteiger partial charge in [0.25, 0.3) is 5.91 Å². The molecule has 0 spiro atoms. The van der Waals surface area contributed by atoms with Gasteiger partial charge in [0.05, 0.1) is 5.56 Å². The summed E-state index contributed by atoms with van der Waals surface area (Å²) in [5, 5.41) is 15.0. The molecule has 10 heteroatoms. The fourth-order valence-corrected chi connectivity index (χ4v) is 5.50. The number of ether oxygens (including phenoxy) is 1. The molecule has 1 atom stereocenters. The van der Waals surface area contributed by atoms with Gasteiger partial charge in [0.2, 0.25) is 0 Å². The molecule has 2 heterocycles. The lowest BCUT2D eigenvalue weighted by molar-refractivity contribution is 0.0904. The molecule has 5 rings (SSSR count). The van der Waals surface area contributed by atoms with Crippen molar-refractivity contribution in [2.24, 2.45) is 0 Å². The number of hydrogen-bond donors (Lipinski definition) is 4. The molecule has 0 bridgehead atoms. The first kappa shape index (κ1) is 29.5. The van der Waals surface area contributed by atoms with E-state index in [4.69, 9.17) is 15.9 Å². The number of anilines is 3. The molecule has 8 nitrogen and oxygen atoms in total. The maximum Gasteiger partial charge on any atom is 0.258 e. The zero-order valence-electron chi connectivity index (χ0n) is 24.1. The zero-order chi connectivity index (χ0) is 29.8. The van der Waals surface area contributed by atoms with Crippen LogP contribution in [0, 0.1) is 17.0 Å². The molecule has 0 radical (unpaired) electrons. The predicted octanol–water partition coefficient (Wildman–Crippen LogP) is 4.80. The van der Waals surface area contributed by atoms with Crippen molar-refractivity contribution in [3.63, 3.8) is 0 Å². The van der Waals surface area contributed by atoms with E-state index < -0.39 is 17.5 Å². The number of amidine groups is 1. The molecule has 2 aliphatic heterocycles. The molecule has 42 heavy (non-hydrogen) atoms. The monoisotopic (exact) mass is 576 g/mol. The SMILES string of the molecule is CC(c1cc(F)cc(F)c1)c1ccc(N)c(C(=N)NC(=O)c2ccc(N3CCN(C)CC3)cc2NC2CCOCC2)c1. The first-order valence-corrected chi connectivity index (χ1v) is 14.4. The highest BCUT2D eigenvalue weighted by molar-refractivity contribution is 6.15. The number of nitrogens with one attached hydrogen (secondary N) is 3. The highest BCUT2D eigenvalue weighted by atomic mass is 19.1. The van der Waals surface area contributed by atoms with Gasteiger partial charge in [-0.3, -0.25) is 10.2 Å². The summed E-state index contributed by atoms with van der Waals surface area (Å²) in [6, 6.07) is 14.4. The molecule has 3 aromatic carbocycles. The molecule has 3 aromatic rings. The Balaban J connectivity index is 1.37. The third kappa shape index (κ3) is 6.88. The lowest BCUT2D eigenvalue weighted by Crippen LogP contribution is -2.44. The van der Waals surface area contributed by atoms with Gasteiger partial charge in [0.1, 0.15) is 17.5 Å². The van der Waals surface area contributed by atoms with E-state index in [2.05, 4.69) is 27.5 Å². The number of carbonyl (C=O) groups excluding carboxylic acids is 1. The minimum atomic E-state index is -0.656. The molecule has 2 aliphatic rings. The van der Waals surface area contributed by atoms with Crippen molar-refractivity contribution in [2.75, 3.05) is 62.4 Å². The largest absolute Gasteiger partial charge is 0.398 e. The van der Waals surface area contributed by atoms with Crippen molar-refractivity contribution in [3.8, 4) is 0 Å². The molecular formula is C32H38F2N6O2. The van der Waals surface area contributed by atoms with Gasteiger partial charge in [-0.1, -0.05) is 13.0 Å². The summed E-state index contributed by atoms with van der Waals surface area (Å²) in [6.45, 7) is 6.89. The van der Waals surface area contributed by atoms with E-state index in [1.165, 1.54) is 12.1 Å². The van der Waals surface area contributed by atoms with E-state index >= 15 is 0 Å². The van der Waals surface area contributed by atoms with Gasteiger partial charge in [-0.25, -0.2) is 8.78 Å². The van der Waals surface area contributed by atoms with Crippen molar-refractivity contribution in [2.45, 2.75) is 31.7 Å². The second-order valence-corrected chi connectivity index (χ2v) is 11.2. The lowest BCUT2D eigenvalue weighted by atomic mass is 9.91. The number of piperazine rings is 1. The van der Waals surface area contributed by atoms with E-state index in [0.29, 0.717) is 46.8 Å². The molecule has 5 N–H and O–H groups in total. The van der Waals surface area contributed by atoms with Crippen molar-refractivity contribution >= 4 is 28.8 Å². The number of likely N-dealkylation sites (N-methyl/N-ethyl adjacent to an activating group) is 1. The number of halogens is 2. The Labute approximate surface area is 245 Å². The van der Waals surface area contributed by atoms with Crippen LogP contribution in [0.5, 0.6) is 0 Å². The third-order valence-corrected chi connectivity index (χ3v) is 8.17. The normalized spacial score (nSPS) is 17.1. The Morgan fingerprint density at radius 1 is 0.952 bits per heavy atom. The number of nitrogen functional groups attached to an aromatic ring is 1.